The summed E-state index contributed by atoms with van der Waals surface area (Å²) in [6.45, 7) is 5.35. The Kier molecular flexibility index (Phi) is 3.39. The van der Waals surface area contributed by atoms with Crippen LogP contribution in [0.15, 0.2) is 6.20 Å². The van der Waals surface area contributed by atoms with Crippen LogP contribution < -0.4 is 0 Å². The van der Waals surface area contributed by atoms with Crippen LogP contribution in [0.4, 0.5) is 0 Å². The Hall–Kier alpha value is -0.870. The minimum atomic E-state index is -0.184. The van der Waals surface area contributed by atoms with Crippen LogP contribution in [0.3, 0.4) is 0 Å². The van der Waals surface area contributed by atoms with Crippen molar-refractivity contribution >= 4 is 0 Å². The Morgan fingerprint density at radius 2 is 2.33 bits per heavy atom. The van der Waals surface area contributed by atoms with E-state index in [1.54, 1.807) is 0 Å². The molecule has 2 unspecified atom stereocenters. The third-order valence-electron chi connectivity index (χ3n) is 4.47. The zero-order chi connectivity index (χ0) is 12.5. The predicted molar refractivity (Wildman–Crippen MR) is 70.5 cm³/mol. The molecule has 3 rings (SSSR count). The molecule has 100 valence electrons. The molecule has 3 heterocycles. The summed E-state index contributed by atoms with van der Waals surface area (Å²) in [6.07, 6.45) is 7.32. The van der Waals surface area contributed by atoms with Crippen LogP contribution in [-0.2, 0) is 19.4 Å². The second-order valence-corrected chi connectivity index (χ2v) is 5.60. The summed E-state index contributed by atoms with van der Waals surface area (Å²) in [6, 6.07) is 0.653. The standard InChI is InChI=1S/C14H23N3O/c1-2-16-7-3-4-11(16)8-14-15-9-12-5-6-13(18)10-17(12)14/h9,11,13,18H,2-8,10H2,1H3. The van der Waals surface area contributed by atoms with Gasteiger partial charge in [0.15, 0.2) is 0 Å². The number of likely N-dealkylation sites (tertiary alicyclic amines) is 1. The minimum Gasteiger partial charge on any atom is -0.391 e. The smallest absolute Gasteiger partial charge is 0.110 e. The molecule has 0 saturated carbocycles. The molecule has 2 atom stereocenters. The molecule has 0 spiro atoms. The van der Waals surface area contributed by atoms with Gasteiger partial charge in [0, 0.05) is 24.4 Å². The maximum Gasteiger partial charge on any atom is 0.110 e. The number of likely N-dealkylation sites (N-methyl/N-ethyl adjacent to an activating group) is 1. The number of aryl methyl sites for hydroxylation is 1. The highest BCUT2D eigenvalue weighted by Crippen LogP contribution is 2.23. The highest BCUT2D eigenvalue weighted by molar-refractivity contribution is 5.10. The molecule has 18 heavy (non-hydrogen) atoms. The number of hydrogen-bond donors (Lipinski definition) is 1. The number of hydrogen-bond acceptors (Lipinski definition) is 3. The van der Waals surface area contributed by atoms with Crippen LogP contribution in [0.25, 0.3) is 0 Å². The van der Waals surface area contributed by atoms with E-state index in [0.29, 0.717) is 6.04 Å². The maximum atomic E-state index is 9.80. The Labute approximate surface area is 109 Å². The fourth-order valence-corrected chi connectivity index (χ4v) is 3.41. The van der Waals surface area contributed by atoms with Crippen molar-refractivity contribution in [2.45, 2.75) is 57.7 Å². The molecule has 0 radical (unpaired) electrons. The molecule has 4 heteroatoms. The van der Waals surface area contributed by atoms with Crippen molar-refractivity contribution in [2.24, 2.45) is 0 Å². The predicted octanol–water partition coefficient (Wildman–Crippen LogP) is 1.22. The lowest BCUT2D eigenvalue weighted by Crippen LogP contribution is -2.33. The number of nitrogens with zero attached hydrogens (tertiary/aromatic N) is 3. The van der Waals surface area contributed by atoms with Crippen molar-refractivity contribution < 1.29 is 5.11 Å². The second kappa shape index (κ2) is 5.02. The lowest BCUT2D eigenvalue weighted by atomic mass is 10.1. The molecule has 1 aromatic rings. The first kappa shape index (κ1) is 12.2. The molecular weight excluding hydrogens is 226 g/mol. The molecule has 2 aliphatic heterocycles. The number of aromatic nitrogens is 2. The fourth-order valence-electron chi connectivity index (χ4n) is 3.41. The first-order chi connectivity index (χ1) is 8.78. The van der Waals surface area contributed by atoms with Gasteiger partial charge in [0.2, 0.25) is 0 Å². The van der Waals surface area contributed by atoms with Crippen LogP contribution in [0, 0.1) is 0 Å². The lowest BCUT2D eigenvalue weighted by Gasteiger charge is -2.25. The zero-order valence-electron chi connectivity index (χ0n) is 11.2. The summed E-state index contributed by atoms with van der Waals surface area (Å²) in [5, 5.41) is 9.80. The quantitative estimate of drug-likeness (QED) is 0.875. The van der Waals surface area contributed by atoms with Gasteiger partial charge in [-0.1, -0.05) is 6.92 Å². The van der Waals surface area contributed by atoms with Gasteiger partial charge < -0.3 is 14.6 Å². The van der Waals surface area contributed by atoms with E-state index in [1.165, 1.54) is 30.9 Å². The van der Waals surface area contributed by atoms with Gasteiger partial charge in [-0.15, -0.1) is 0 Å². The van der Waals surface area contributed by atoms with E-state index in [2.05, 4.69) is 21.4 Å². The molecular formula is C14H23N3O. The molecule has 0 bridgehead atoms. The van der Waals surface area contributed by atoms with Crippen molar-refractivity contribution in [3.8, 4) is 0 Å². The molecule has 4 nitrogen and oxygen atoms in total. The molecule has 1 fully saturated rings. The SMILES string of the molecule is CCN1CCCC1Cc1ncc2n1CC(O)CC2. The zero-order valence-corrected chi connectivity index (χ0v) is 11.2. The van der Waals surface area contributed by atoms with E-state index >= 15 is 0 Å². The normalized spacial score (nSPS) is 28.6. The van der Waals surface area contributed by atoms with Gasteiger partial charge in [-0.2, -0.15) is 0 Å². The number of rotatable bonds is 3. The molecule has 1 aromatic heterocycles. The van der Waals surface area contributed by atoms with Gasteiger partial charge in [-0.3, -0.25) is 0 Å². The molecule has 0 amide bonds. The van der Waals surface area contributed by atoms with Crippen LogP contribution in [0.2, 0.25) is 0 Å². The second-order valence-electron chi connectivity index (χ2n) is 5.60. The third kappa shape index (κ3) is 2.19. The molecule has 0 aromatic carbocycles. The lowest BCUT2D eigenvalue weighted by molar-refractivity contribution is 0.129. The van der Waals surface area contributed by atoms with E-state index in [4.69, 9.17) is 0 Å². The van der Waals surface area contributed by atoms with E-state index in [9.17, 15) is 5.11 Å². The van der Waals surface area contributed by atoms with E-state index in [0.717, 1.165) is 32.4 Å². The first-order valence-electron chi connectivity index (χ1n) is 7.23. The molecule has 0 aliphatic carbocycles. The van der Waals surface area contributed by atoms with Crippen molar-refractivity contribution in [3.05, 3.63) is 17.7 Å². The average molecular weight is 249 g/mol. The molecule has 1 N–H and O–H groups in total. The Balaban J connectivity index is 1.75. The molecule has 1 saturated heterocycles. The summed E-state index contributed by atoms with van der Waals surface area (Å²) < 4.78 is 2.25. The van der Waals surface area contributed by atoms with Gasteiger partial charge in [0.05, 0.1) is 12.6 Å². The van der Waals surface area contributed by atoms with Gasteiger partial charge in [-0.25, -0.2) is 4.98 Å². The van der Waals surface area contributed by atoms with E-state index in [-0.39, 0.29) is 6.10 Å². The van der Waals surface area contributed by atoms with Crippen molar-refractivity contribution in [2.75, 3.05) is 13.1 Å². The van der Waals surface area contributed by atoms with Crippen LogP contribution in [0.5, 0.6) is 0 Å². The van der Waals surface area contributed by atoms with Crippen molar-refractivity contribution in [1.82, 2.24) is 14.5 Å². The Morgan fingerprint density at radius 3 is 3.17 bits per heavy atom. The van der Waals surface area contributed by atoms with Gasteiger partial charge >= 0.3 is 0 Å². The monoisotopic (exact) mass is 249 g/mol. The minimum absolute atomic E-state index is 0.184. The van der Waals surface area contributed by atoms with Gasteiger partial charge in [0.1, 0.15) is 5.82 Å². The largest absolute Gasteiger partial charge is 0.391 e. The van der Waals surface area contributed by atoms with Gasteiger partial charge in [0.25, 0.3) is 0 Å². The van der Waals surface area contributed by atoms with Crippen molar-refractivity contribution in [1.29, 1.82) is 0 Å². The van der Waals surface area contributed by atoms with E-state index < -0.39 is 0 Å². The fraction of sp³-hybridized carbons (Fsp3) is 0.786. The number of imidazole rings is 1. The molecule has 2 aliphatic rings. The van der Waals surface area contributed by atoms with Crippen molar-refractivity contribution in [3.63, 3.8) is 0 Å². The summed E-state index contributed by atoms with van der Waals surface area (Å²) in [4.78, 5) is 7.15. The van der Waals surface area contributed by atoms with Gasteiger partial charge in [-0.05, 0) is 38.8 Å². The highest BCUT2D eigenvalue weighted by atomic mass is 16.3. The summed E-state index contributed by atoms with van der Waals surface area (Å²) >= 11 is 0. The topological polar surface area (TPSA) is 41.3 Å². The first-order valence-corrected chi connectivity index (χ1v) is 7.23. The number of fused-ring (bicyclic) bond motifs is 1. The van der Waals surface area contributed by atoms with Crippen LogP contribution >= 0.6 is 0 Å². The summed E-state index contributed by atoms with van der Waals surface area (Å²) in [5.41, 5.74) is 1.30. The summed E-state index contributed by atoms with van der Waals surface area (Å²) in [7, 11) is 0. The summed E-state index contributed by atoms with van der Waals surface area (Å²) in [5.74, 6) is 1.18. The van der Waals surface area contributed by atoms with Crippen LogP contribution in [0.1, 0.15) is 37.7 Å². The Morgan fingerprint density at radius 1 is 1.44 bits per heavy atom. The number of aliphatic hydroxyl groups excluding tert-OH is 1. The number of aliphatic hydroxyl groups is 1. The Bertz CT molecular complexity index is 415. The average Bonchev–Trinajstić information content (AvgIpc) is 2.97. The van der Waals surface area contributed by atoms with E-state index in [1.807, 2.05) is 6.20 Å². The highest BCUT2D eigenvalue weighted by Gasteiger charge is 2.26. The van der Waals surface area contributed by atoms with Crippen LogP contribution in [-0.4, -0.2) is 44.8 Å². The maximum absolute atomic E-state index is 9.80. The third-order valence-corrected chi connectivity index (χ3v) is 4.47.